The molecule has 17 heavy (non-hydrogen) atoms. The molecule has 0 heterocycles. The second-order valence-electron chi connectivity index (χ2n) is 3.66. The Morgan fingerprint density at radius 3 is 2.53 bits per heavy atom. The van der Waals surface area contributed by atoms with Gasteiger partial charge < -0.3 is 5.73 Å². The van der Waals surface area contributed by atoms with Crippen LogP contribution in [0.25, 0.3) is 0 Å². The number of primary amides is 1. The summed E-state index contributed by atoms with van der Waals surface area (Å²) in [7, 11) is -3.72. The molecular weight excluding hydrogens is 308 g/mol. The number of aryl methyl sites for hydroxylation is 1. The van der Waals surface area contributed by atoms with Crippen LogP contribution in [0.4, 0.5) is 0 Å². The Bertz CT molecular complexity index is 542. The molecule has 0 radical (unpaired) electrons. The Labute approximate surface area is 109 Å². The number of hydrogen-bond acceptors (Lipinski definition) is 3. The summed E-state index contributed by atoms with van der Waals surface area (Å²) in [6, 6.07) is 3.66. The molecule has 7 heteroatoms. The molecule has 1 atom stereocenters. The summed E-state index contributed by atoms with van der Waals surface area (Å²) in [5, 5.41) is 0. The summed E-state index contributed by atoms with van der Waals surface area (Å²) in [6.45, 7) is 3.17. The molecule has 0 saturated heterocycles. The number of carbonyl (C=O) groups excluding carboxylic acids is 1. The number of rotatable bonds is 4. The van der Waals surface area contributed by atoms with Crippen molar-refractivity contribution in [1.29, 1.82) is 0 Å². The highest BCUT2D eigenvalue weighted by Gasteiger charge is 2.20. The summed E-state index contributed by atoms with van der Waals surface area (Å²) in [6.07, 6.45) is 0. The molecule has 5 nitrogen and oxygen atoms in total. The number of carbonyl (C=O) groups is 1. The second kappa shape index (κ2) is 5.16. The molecule has 0 aliphatic heterocycles. The molecule has 0 fully saturated rings. The fraction of sp³-hybridized carbons (Fsp3) is 0.300. The summed E-state index contributed by atoms with van der Waals surface area (Å²) in [4.78, 5) is 10.9. The molecule has 1 aromatic rings. The van der Waals surface area contributed by atoms with E-state index in [1.165, 1.54) is 19.1 Å². The average Bonchev–Trinajstić information content (AvgIpc) is 2.21. The van der Waals surface area contributed by atoms with Crippen molar-refractivity contribution in [2.45, 2.75) is 24.8 Å². The zero-order valence-electron chi connectivity index (χ0n) is 9.40. The summed E-state index contributed by atoms with van der Waals surface area (Å²) >= 11 is 3.28. The van der Waals surface area contributed by atoms with E-state index in [9.17, 15) is 13.2 Å². The van der Waals surface area contributed by atoms with E-state index in [2.05, 4.69) is 20.7 Å². The zero-order chi connectivity index (χ0) is 13.2. The molecule has 0 aliphatic rings. The number of nitrogens with one attached hydrogen (secondary N) is 1. The first-order valence-electron chi connectivity index (χ1n) is 4.82. The van der Waals surface area contributed by atoms with E-state index >= 15 is 0 Å². The van der Waals surface area contributed by atoms with Gasteiger partial charge in [-0.2, -0.15) is 4.72 Å². The lowest BCUT2D eigenvalue weighted by Gasteiger charge is -2.11. The van der Waals surface area contributed by atoms with E-state index in [0.29, 0.717) is 0 Å². The second-order valence-corrected chi connectivity index (χ2v) is 6.22. The minimum absolute atomic E-state index is 0.103. The molecular formula is C10H13BrN2O3S. The van der Waals surface area contributed by atoms with E-state index in [4.69, 9.17) is 5.73 Å². The van der Waals surface area contributed by atoms with Gasteiger partial charge in [-0.1, -0.05) is 15.9 Å². The maximum absolute atomic E-state index is 11.9. The lowest BCUT2D eigenvalue weighted by molar-refractivity contribution is -0.119. The monoisotopic (exact) mass is 320 g/mol. The van der Waals surface area contributed by atoms with Crippen LogP contribution < -0.4 is 10.5 Å². The van der Waals surface area contributed by atoms with Crippen molar-refractivity contribution in [3.63, 3.8) is 0 Å². The number of amides is 1. The third-order valence-electron chi connectivity index (χ3n) is 2.20. The zero-order valence-corrected chi connectivity index (χ0v) is 11.8. The van der Waals surface area contributed by atoms with Gasteiger partial charge in [0.1, 0.15) is 0 Å². The molecule has 1 unspecified atom stereocenters. The molecule has 0 spiro atoms. The molecule has 1 rings (SSSR count). The fourth-order valence-corrected chi connectivity index (χ4v) is 2.69. The van der Waals surface area contributed by atoms with Crippen molar-refractivity contribution in [2.75, 3.05) is 0 Å². The van der Waals surface area contributed by atoms with Gasteiger partial charge in [-0.15, -0.1) is 0 Å². The number of nitrogens with two attached hydrogens (primary N) is 1. The van der Waals surface area contributed by atoms with Gasteiger partial charge in [0.05, 0.1) is 10.9 Å². The standard InChI is InChI=1S/C10H13BrN2O3S/c1-6-5-8(3-4-9(6)11)17(15,16)13-7(2)10(12)14/h3-5,7,13H,1-2H3,(H2,12,14). The van der Waals surface area contributed by atoms with Crippen LogP contribution in [0, 0.1) is 6.92 Å². The van der Waals surface area contributed by atoms with Gasteiger partial charge >= 0.3 is 0 Å². The minimum atomic E-state index is -3.72. The Balaban J connectivity index is 3.05. The maximum Gasteiger partial charge on any atom is 0.241 e. The van der Waals surface area contributed by atoms with Gasteiger partial charge in [0, 0.05) is 4.47 Å². The van der Waals surface area contributed by atoms with Gasteiger partial charge in [-0.3, -0.25) is 4.79 Å². The first kappa shape index (κ1) is 14.1. The van der Waals surface area contributed by atoms with Crippen LogP contribution in [0.15, 0.2) is 27.6 Å². The van der Waals surface area contributed by atoms with E-state index in [1.54, 1.807) is 13.0 Å². The van der Waals surface area contributed by atoms with Crippen LogP contribution >= 0.6 is 15.9 Å². The van der Waals surface area contributed by atoms with Crippen LogP contribution in [0.1, 0.15) is 12.5 Å². The average molecular weight is 321 g/mol. The predicted molar refractivity (Wildman–Crippen MR) is 67.9 cm³/mol. The first-order valence-corrected chi connectivity index (χ1v) is 7.09. The third-order valence-corrected chi connectivity index (χ3v) is 4.63. The van der Waals surface area contributed by atoms with E-state index in [0.717, 1.165) is 10.0 Å². The van der Waals surface area contributed by atoms with Crippen molar-refractivity contribution in [2.24, 2.45) is 5.73 Å². The minimum Gasteiger partial charge on any atom is -0.368 e. The molecule has 1 aromatic carbocycles. The quantitative estimate of drug-likeness (QED) is 0.864. The van der Waals surface area contributed by atoms with Gasteiger partial charge in [-0.25, -0.2) is 8.42 Å². The highest BCUT2D eigenvalue weighted by molar-refractivity contribution is 9.10. The molecule has 0 aromatic heterocycles. The lowest BCUT2D eigenvalue weighted by Crippen LogP contribution is -2.42. The molecule has 1 amide bonds. The van der Waals surface area contributed by atoms with Crippen molar-refractivity contribution in [3.05, 3.63) is 28.2 Å². The van der Waals surface area contributed by atoms with Crippen LogP contribution in [0.2, 0.25) is 0 Å². The van der Waals surface area contributed by atoms with Gasteiger partial charge in [0.15, 0.2) is 0 Å². The molecule has 0 saturated carbocycles. The highest BCUT2D eigenvalue weighted by atomic mass is 79.9. The first-order chi connectivity index (χ1) is 7.74. The van der Waals surface area contributed by atoms with Crippen molar-refractivity contribution in [1.82, 2.24) is 4.72 Å². The fourth-order valence-electron chi connectivity index (χ4n) is 1.14. The molecule has 0 bridgehead atoms. The summed E-state index contributed by atoms with van der Waals surface area (Å²) < 4.78 is 26.8. The van der Waals surface area contributed by atoms with Gasteiger partial charge in [0.25, 0.3) is 0 Å². The smallest absolute Gasteiger partial charge is 0.241 e. The van der Waals surface area contributed by atoms with Crippen LogP contribution in [-0.2, 0) is 14.8 Å². The Morgan fingerprint density at radius 1 is 1.47 bits per heavy atom. The Hall–Kier alpha value is -0.920. The topological polar surface area (TPSA) is 89.3 Å². The Kier molecular flexibility index (Phi) is 4.29. The van der Waals surface area contributed by atoms with Crippen molar-refractivity contribution >= 4 is 31.9 Å². The van der Waals surface area contributed by atoms with Crippen molar-refractivity contribution in [3.8, 4) is 0 Å². The van der Waals surface area contributed by atoms with Crippen LogP contribution in [0.3, 0.4) is 0 Å². The van der Waals surface area contributed by atoms with E-state index < -0.39 is 22.0 Å². The number of hydrogen-bond donors (Lipinski definition) is 2. The predicted octanol–water partition coefficient (Wildman–Crippen LogP) is 0.910. The lowest BCUT2D eigenvalue weighted by atomic mass is 10.2. The third kappa shape index (κ3) is 3.52. The van der Waals surface area contributed by atoms with E-state index in [-0.39, 0.29) is 4.90 Å². The highest BCUT2D eigenvalue weighted by Crippen LogP contribution is 2.20. The number of halogens is 1. The number of sulfonamides is 1. The Morgan fingerprint density at radius 2 is 2.06 bits per heavy atom. The molecule has 94 valence electrons. The van der Waals surface area contributed by atoms with E-state index in [1.807, 2.05) is 0 Å². The van der Waals surface area contributed by atoms with Crippen molar-refractivity contribution < 1.29 is 13.2 Å². The number of benzene rings is 1. The molecule has 3 N–H and O–H groups in total. The molecule has 0 aliphatic carbocycles. The largest absolute Gasteiger partial charge is 0.368 e. The maximum atomic E-state index is 11.9. The van der Waals surface area contributed by atoms with Gasteiger partial charge in [0.2, 0.25) is 15.9 Å². The van der Waals surface area contributed by atoms with Crippen LogP contribution in [-0.4, -0.2) is 20.4 Å². The van der Waals surface area contributed by atoms with Gasteiger partial charge in [-0.05, 0) is 37.6 Å². The summed E-state index contributed by atoms with van der Waals surface area (Å²) in [5.74, 6) is -0.720. The SMILES string of the molecule is Cc1cc(S(=O)(=O)NC(C)C(N)=O)ccc1Br. The summed E-state index contributed by atoms with van der Waals surface area (Å²) in [5.41, 5.74) is 5.79. The van der Waals surface area contributed by atoms with Crippen LogP contribution in [0.5, 0.6) is 0 Å². The normalized spacial score (nSPS) is 13.4.